The highest BCUT2D eigenvalue weighted by Crippen LogP contribution is 2.31. The van der Waals surface area contributed by atoms with Crippen molar-refractivity contribution in [2.24, 2.45) is 7.05 Å². The molecule has 1 N–H and O–H groups in total. The molecule has 0 atom stereocenters. The lowest BCUT2D eigenvalue weighted by molar-refractivity contribution is 0.0994. The van der Waals surface area contributed by atoms with Crippen LogP contribution in [0.3, 0.4) is 0 Å². The van der Waals surface area contributed by atoms with Crippen molar-refractivity contribution in [1.29, 1.82) is 0 Å². The minimum Gasteiger partial charge on any atom is -0.436 e. The van der Waals surface area contributed by atoms with Gasteiger partial charge in [-0.1, -0.05) is 0 Å². The summed E-state index contributed by atoms with van der Waals surface area (Å²) in [4.78, 5) is 18.8. The van der Waals surface area contributed by atoms with Gasteiger partial charge >= 0.3 is 0 Å². The van der Waals surface area contributed by atoms with Crippen LogP contribution in [0.2, 0.25) is 0 Å². The van der Waals surface area contributed by atoms with Crippen molar-refractivity contribution in [1.82, 2.24) is 14.8 Å². The lowest BCUT2D eigenvalue weighted by Gasteiger charge is -2.16. The van der Waals surface area contributed by atoms with Crippen LogP contribution in [0, 0.1) is 20.8 Å². The van der Waals surface area contributed by atoms with Crippen LogP contribution >= 0.6 is 0 Å². The summed E-state index contributed by atoms with van der Waals surface area (Å²) in [5.74, 6) is 1.30. The van der Waals surface area contributed by atoms with E-state index in [9.17, 15) is 4.79 Å². The molecule has 0 unspecified atom stereocenters. The molecule has 0 radical (unpaired) electrons. The van der Waals surface area contributed by atoms with E-state index < -0.39 is 0 Å². The summed E-state index contributed by atoms with van der Waals surface area (Å²) >= 11 is 0. The summed E-state index contributed by atoms with van der Waals surface area (Å²) in [5, 5.41) is 7.50. The van der Waals surface area contributed by atoms with E-state index in [1.54, 1.807) is 18.5 Å². The molecule has 0 aliphatic carbocycles. The molecule has 22 heavy (non-hydrogen) atoms. The van der Waals surface area contributed by atoms with Crippen molar-refractivity contribution in [3.8, 4) is 0 Å². The first-order valence-corrected chi connectivity index (χ1v) is 7.51. The Balaban J connectivity index is 1.91. The fourth-order valence-electron chi connectivity index (χ4n) is 2.80. The highest BCUT2D eigenvalue weighted by atomic mass is 16.4. The van der Waals surface area contributed by atoms with Gasteiger partial charge in [-0.3, -0.25) is 9.48 Å². The maximum absolute atomic E-state index is 12.5. The maximum atomic E-state index is 12.5. The van der Waals surface area contributed by atoms with Gasteiger partial charge in [0.25, 0.3) is 5.91 Å². The van der Waals surface area contributed by atoms with Gasteiger partial charge in [-0.15, -0.1) is 0 Å². The second-order valence-corrected chi connectivity index (χ2v) is 5.70. The molecule has 0 bridgehead atoms. The molecule has 0 spiro atoms. The number of nitrogens with zero attached hydrogens (tertiary/aromatic N) is 4. The van der Waals surface area contributed by atoms with Crippen molar-refractivity contribution in [3.05, 3.63) is 23.0 Å². The van der Waals surface area contributed by atoms with Crippen molar-refractivity contribution in [2.45, 2.75) is 33.6 Å². The highest BCUT2D eigenvalue weighted by Gasteiger charge is 2.25. The van der Waals surface area contributed by atoms with Gasteiger partial charge < -0.3 is 14.6 Å². The molecule has 1 aliphatic rings. The van der Waals surface area contributed by atoms with E-state index >= 15 is 0 Å². The molecule has 1 saturated heterocycles. The largest absolute Gasteiger partial charge is 0.436 e. The van der Waals surface area contributed by atoms with Gasteiger partial charge in [-0.2, -0.15) is 5.10 Å². The fraction of sp³-hybridized carbons (Fsp3) is 0.533. The number of hydrogen-bond acceptors (Lipinski definition) is 5. The number of anilines is 2. The summed E-state index contributed by atoms with van der Waals surface area (Å²) in [6.45, 7) is 7.39. The molecular weight excluding hydrogens is 282 g/mol. The quantitative estimate of drug-likeness (QED) is 0.940. The van der Waals surface area contributed by atoms with E-state index in [4.69, 9.17) is 4.42 Å². The van der Waals surface area contributed by atoms with Crippen molar-refractivity contribution >= 4 is 17.4 Å². The predicted octanol–water partition coefficient (Wildman–Crippen LogP) is 2.19. The maximum Gasteiger partial charge on any atom is 0.293 e. The number of hydrogen-bond donors (Lipinski definition) is 1. The number of rotatable bonds is 3. The molecule has 2 aromatic rings. The number of aromatic nitrogens is 3. The molecule has 2 aromatic heterocycles. The van der Waals surface area contributed by atoms with Crippen LogP contribution in [0.5, 0.6) is 0 Å². The minimum atomic E-state index is -0.283. The molecule has 7 nitrogen and oxygen atoms in total. The van der Waals surface area contributed by atoms with Gasteiger partial charge in [-0.25, -0.2) is 4.98 Å². The van der Waals surface area contributed by atoms with Gasteiger partial charge in [-0.05, 0) is 26.7 Å². The van der Waals surface area contributed by atoms with Crippen LogP contribution < -0.4 is 10.2 Å². The zero-order chi connectivity index (χ0) is 15.9. The molecule has 3 heterocycles. The number of nitrogens with one attached hydrogen (secondary N) is 1. The topological polar surface area (TPSA) is 76.2 Å². The zero-order valence-corrected chi connectivity index (χ0v) is 13.4. The summed E-state index contributed by atoms with van der Waals surface area (Å²) in [7, 11) is 1.88. The molecule has 1 aliphatic heterocycles. The predicted molar refractivity (Wildman–Crippen MR) is 83.3 cm³/mol. The Hall–Kier alpha value is -2.31. The molecule has 0 aromatic carbocycles. The van der Waals surface area contributed by atoms with E-state index in [2.05, 4.69) is 20.3 Å². The molecule has 3 rings (SSSR count). The summed E-state index contributed by atoms with van der Waals surface area (Å²) in [6.07, 6.45) is 2.31. The third kappa shape index (κ3) is 2.47. The van der Waals surface area contributed by atoms with Crippen LogP contribution in [0.1, 0.15) is 40.7 Å². The molecule has 1 fully saturated rings. The Morgan fingerprint density at radius 1 is 1.23 bits per heavy atom. The molecule has 118 valence electrons. The van der Waals surface area contributed by atoms with Gasteiger partial charge in [0.05, 0.1) is 11.4 Å². The Morgan fingerprint density at radius 2 is 1.91 bits per heavy atom. The van der Waals surface area contributed by atoms with Gasteiger partial charge in [0, 0.05) is 27.1 Å². The van der Waals surface area contributed by atoms with E-state index in [1.807, 2.05) is 14.0 Å². The molecule has 0 saturated carbocycles. The number of amides is 1. The van der Waals surface area contributed by atoms with Crippen LogP contribution in [0.15, 0.2) is 4.42 Å². The summed E-state index contributed by atoms with van der Waals surface area (Å²) < 4.78 is 7.19. The average molecular weight is 303 g/mol. The van der Waals surface area contributed by atoms with Gasteiger partial charge in [0.15, 0.2) is 11.7 Å². The van der Waals surface area contributed by atoms with E-state index in [-0.39, 0.29) is 11.7 Å². The van der Waals surface area contributed by atoms with Gasteiger partial charge in [0.2, 0.25) is 5.76 Å². The van der Waals surface area contributed by atoms with E-state index in [0.717, 1.165) is 43.1 Å². The Morgan fingerprint density at radius 3 is 2.50 bits per heavy atom. The Labute approximate surface area is 129 Å². The molecule has 7 heteroatoms. The number of carbonyl (C=O) groups excluding carboxylic acids is 1. The Bertz CT molecular complexity index is 710. The normalized spacial score (nSPS) is 14.6. The Kier molecular flexibility index (Phi) is 3.64. The standard InChI is InChI=1S/C15H21N5O2/c1-9-13(22-11(3)16-9)15(21)17-12-10(2)19(4)18-14(12)20-7-5-6-8-20/h5-8H2,1-4H3,(H,17,21). The lowest BCUT2D eigenvalue weighted by Crippen LogP contribution is -2.21. The van der Waals surface area contributed by atoms with Crippen molar-refractivity contribution in [2.75, 3.05) is 23.3 Å². The first kappa shape index (κ1) is 14.6. The molecule has 1 amide bonds. The summed E-state index contributed by atoms with van der Waals surface area (Å²) in [6, 6.07) is 0. The minimum absolute atomic E-state index is 0.258. The van der Waals surface area contributed by atoms with Crippen LogP contribution in [-0.4, -0.2) is 33.8 Å². The van der Waals surface area contributed by atoms with Crippen LogP contribution in [0.4, 0.5) is 11.5 Å². The first-order chi connectivity index (χ1) is 10.5. The second-order valence-electron chi connectivity index (χ2n) is 5.70. The third-order valence-corrected chi connectivity index (χ3v) is 4.07. The number of carbonyl (C=O) groups is 1. The van der Waals surface area contributed by atoms with Crippen molar-refractivity contribution < 1.29 is 9.21 Å². The van der Waals surface area contributed by atoms with Crippen LogP contribution in [-0.2, 0) is 7.05 Å². The third-order valence-electron chi connectivity index (χ3n) is 4.07. The first-order valence-electron chi connectivity index (χ1n) is 7.51. The highest BCUT2D eigenvalue weighted by molar-refractivity contribution is 6.05. The summed E-state index contributed by atoms with van der Waals surface area (Å²) in [5.41, 5.74) is 2.27. The van der Waals surface area contributed by atoms with Gasteiger partial charge in [0.1, 0.15) is 5.69 Å². The fourth-order valence-corrected chi connectivity index (χ4v) is 2.80. The average Bonchev–Trinajstić information content (AvgIpc) is 3.15. The van der Waals surface area contributed by atoms with E-state index in [1.165, 1.54) is 0 Å². The van der Waals surface area contributed by atoms with Crippen LogP contribution in [0.25, 0.3) is 0 Å². The molecular formula is C15H21N5O2. The smallest absolute Gasteiger partial charge is 0.293 e. The van der Waals surface area contributed by atoms with E-state index in [0.29, 0.717) is 11.6 Å². The SMILES string of the molecule is Cc1nc(C)c(C(=O)Nc2c(N3CCCC3)nn(C)c2C)o1. The monoisotopic (exact) mass is 303 g/mol. The number of oxazole rings is 1. The van der Waals surface area contributed by atoms with Crippen molar-refractivity contribution in [3.63, 3.8) is 0 Å². The zero-order valence-electron chi connectivity index (χ0n) is 13.4. The second kappa shape index (κ2) is 5.47. The number of aryl methyl sites for hydroxylation is 3. The lowest BCUT2D eigenvalue weighted by atomic mass is 10.3.